The van der Waals surface area contributed by atoms with Gasteiger partial charge in [0.2, 0.25) is 0 Å². The number of nitrogens with zero attached hydrogens (tertiary/aromatic N) is 1. The van der Waals surface area contributed by atoms with Crippen molar-refractivity contribution < 1.29 is 0 Å². The van der Waals surface area contributed by atoms with Gasteiger partial charge in [-0.05, 0) is 30.3 Å². The van der Waals surface area contributed by atoms with Gasteiger partial charge >= 0.3 is 0 Å². The fourth-order valence-corrected chi connectivity index (χ4v) is 1.98. The third-order valence-electron chi connectivity index (χ3n) is 2.66. The first kappa shape index (κ1) is 12.2. The lowest BCUT2D eigenvalue weighted by molar-refractivity contribution is 0.319. The molecular formula is C15H16ClN. The van der Waals surface area contributed by atoms with Crippen molar-refractivity contribution in [3.8, 4) is 0 Å². The van der Waals surface area contributed by atoms with Gasteiger partial charge in [-0.3, -0.25) is 4.90 Å². The quantitative estimate of drug-likeness (QED) is 0.788. The maximum atomic E-state index is 5.86. The van der Waals surface area contributed by atoms with Gasteiger partial charge in [-0.15, -0.1) is 0 Å². The molecule has 0 bridgehead atoms. The summed E-state index contributed by atoms with van der Waals surface area (Å²) in [7, 11) is 2.13. The third kappa shape index (κ3) is 3.88. The van der Waals surface area contributed by atoms with Crippen LogP contribution >= 0.6 is 11.6 Å². The van der Waals surface area contributed by atoms with Crippen molar-refractivity contribution in [1.29, 1.82) is 0 Å². The van der Waals surface area contributed by atoms with Gasteiger partial charge in [0.05, 0.1) is 0 Å². The van der Waals surface area contributed by atoms with Crippen LogP contribution in [-0.2, 0) is 13.1 Å². The third-order valence-corrected chi connectivity index (χ3v) is 2.91. The van der Waals surface area contributed by atoms with E-state index in [2.05, 4.69) is 48.3 Å². The van der Waals surface area contributed by atoms with E-state index in [0.29, 0.717) is 0 Å². The largest absolute Gasteiger partial charge is 0.298 e. The number of hydrogen-bond donors (Lipinski definition) is 0. The van der Waals surface area contributed by atoms with Crippen LogP contribution in [0.2, 0.25) is 5.02 Å². The second-order valence-electron chi connectivity index (χ2n) is 4.28. The lowest BCUT2D eigenvalue weighted by atomic mass is 10.2. The normalized spacial score (nSPS) is 10.8. The monoisotopic (exact) mass is 245 g/mol. The molecule has 17 heavy (non-hydrogen) atoms. The number of halogens is 1. The molecule has 0 radical (unpaired) electrons. The lowest BCUT2D eigenvalue weighted by Crippen LogP contribution is -2.17. The zero-order valence-corrected chi connectivity index (χ0v) is 10.7. The van der Waals surface area contributed by atoms with Crippen LogP contribution in [0.3, 0.4) is 0 Å². The Morgan fingerprint density at radius 3 is 1.94 bits per heavy atom. The van der Waals surface area contributed by atoms with Crippen LogP contribution < -0.4 is 0 Å². The van der Waals surface area contributed by atoms with E-state index < -0.39 is 0 Å². The molecule has 2 heteroatoms. The SMILES string of the molecule is CN(Cc1ccccc1)Cc1ccc(Cl)cc1. The number of hydrogen-bond acceptors (Lipinski definition) is 1. The van der Waals surface area contributed by atoms with Gasteiger partial charge in [-0.1, -0.05) is 54.1 Å². The van der Waals surface area contributed by atoms with Crippen LogP contribution in [0.4, 0.5) is 0 Å². The van der Waals surface area contributed by atoms with E-state index in [4.69, 9.17) is 11.6 Å². The molecule has 0 saturated heterocycles. The summed E-state index contributed by atoms with van der Waals surface area (Å²) in [5.41, 5.74) is 2.62. The van der Waals surface area contributed by atoms with Crippen LogP contribution in [-0.4, -0.2) is 11.9 Å². The summed E-state index contributed by atoms with van der Waals surface area (Å²) in [6.07, 6.45) is 0. The predicted octanol–water partition coefficient (Wildman–Crippen LogP) is 3.97. The first-order valence-electron chi connectivity index (χ1n) is 5.71. The van der Waals surface area contributed by atoms with Gasteiger partial charge in [0, 0.05) is 18.1 Å². The summed E-state index contributed by atoms with van der Waals surface area (Å²) in [5.74, 6) is 0. The van der Waals surface area contributed by atoms with Crippen molar-refractivity contribution in [2.75, 3.05) is 7.05 Å². The molecule has 0 aliphatic carbocycles. The highest BCUT2D eigenvalue weighted by atomic mass is 35.5. The molecule has 0 aliphatic heterocycles. The average molecular weight is 246 g/mol. The zero-order valence-electron chi connectivity index (χ0n) is 9.94. The zero-order chi connectivity index (χ0) is 12.1. The second-order valence-corrected chi connectivity index (χ2v) is 4.72. The molecule has 0 atom stereocenters. The smallest absolute Gasteiger partial charge is 0.0406 e. The van der Waals surface area contributed by atoms with Crippen LogP contribution in [0.1, 0.15) is 11.1 Å². The highest BCUT2D eigenvalue weighted by molar-refractivity contribution is 6.30. The van der Waals surface area contributed by atoms with Crippen LogP contribution in [0.25, 0.3) is 0 Å². The molecule has 0 amide bonds. The Bertz CT molecular complexity index is 450. The van der Waals surface area contributed by atoms with Crippen molar-refractivity contribution in [3.05, 3.63) is 70.7 Å². The van der Waals surface area contributed by atoms with E-state index in [1.165, 1.54) is 11.1 Å². The second kappa shape index (κ2) is 5.85. The molecule has 0 aliphatic rings. The minimum absolute atomic E-state index is 0.791. The van der Waals surface area contributed by atoms with Gasteiger partial charge in [0.15, 0.2) is 0 Å². The molecule has 0 saturated carbocycles. The van der Waals surface area contributed by atoms with Crippen molar-refractivity contribution >= 4 is 11.6 Å². The standard InChI is InChI=1S/C15H16ClN/c1-17(11-13-5-3-2-4-6-13)12-14-7-9-15(16)10-8-14/h2-10H,11-12H2,1H3. The Morgan fingerprint density at radius 2 is 1.35 bits per heavy atom. The van der Waals surface area contributed by atoms with Crippen LogP contribution in [0, 0.1) is 0 Å². The first-order valence-corrected chi connectivity index (χ1v) is 6.09. The Hall–Kier alpha value is -1.31. The van der Waals surface area contributed by atoms with Gasteiger partial charge in [-0.25, -0.2) is 0 Å². The van der Waals surface area contributed by atoms with Crippen molar-refractivity contribution in [1.82, 2.24) is 4.90 Å². The molecule has 2 rings (SSSR count). The molecule has 1 nitrogen and oxygen atoms in total. The van der Waals surface area contributed by atoms with E-state index in [-0.39, 0.29) is 0 Å². The van der Waals surface area contributed by atoms with Crippen LogP contribution in [0.5, 0.6) is 0 Å². The minimum atomic E-state index is 0.791. The van der Waals surface area contributed by atoms with E-state index in [1.807, 2.05) is 18.2 Å². The summed E-state index contributed by atoms with van der Waals surface area (Å²) in [6.45, 7) is 1.90. The Balaban J connectivity index is 1.93. The molecule has 88 valence electrons. The molecule has 0 fully saturated rings. The molecule has 0 heterocycles. The van der Waals surface area contributed by atoms with Crippen molar-refractivity contribution in [2.45, 2.75) is 13.1 Å². The first-order chi connectivity index (χ1) is 8.24. The highest BCUT2D eigenvalue weighted by Gasteiger charge is 2.01. The van der Waals surface area contributed by atoms with E-state index in [9.17, 15) is 0 Å². The molecule has 2 aromatic rings. The molecule has 0 unspecified atom stereocenters. The van der Waals surface area contributed by atoms with E-state index >= 15 is 0 Å². The molecule has 0 aromatic heterocycles. The molecule has 0 spiro atoms. The van der Waals surface area contributed by atoms with Gasteiger partial charge in [0.25, 0.3) is 0 Å². The topological polar surface area (TPSA) is 3.24 Å². The average Bonchev–Trinajstić information content (AvgIpc) is 2.33. The summed E-state index contributed by atoms with van der Waals surface area (Å²) in [6, 6.07) is 18.5. The maximum absolute atomic E-state index is 5.86. The van der Waals surface area contributed by atoms with E-state index in [1.54, 1.807) is 0 Å². The Morgan fingerprint density at radius 1 is 0.824 bits per heavy atom. The van der Waals surface area contributed by atoms with Gasteiger partial charge in [-0.2, -0.15) is 0 Å². The summed E-state index contributed by atoms with van der Waals surface area (Å²) in [5, 5.41) is 0.791. The molecular weight excluding hydrogens is 230 g/mol. The lowest BCUT2D eigenvalue weighted by Gasteiger charge is -2.16. The fraction of sp³-hybridized carbons (Fsp3) is 0.200. The van der Waals surface area contributed by atoms with Crippen molar-refractivity contribution in [2.24, 2.45) is 0 Å². The van der Waals surface area contributed by atoms with E-state index in [0.717, 1.165) is 18.1 Å². The van der Waals surface area contributed by atoms with Gasteiger partial charge < -0.3 is 0 Å². The number of benzene rings is 2. The Labute approximate surface area is 108 Å². The maximum Gasteiger partial charge on any atom is 0.0406 e. The molecule has 0 N–H and O–H groups in total. The summed E-state index contributed by atoms with van der Waals surface area (Å²) in [4.78, 5) is 2.29. The van der Waals surface area contributed by atoms with Gasteiger partial charge in [0.1, 0.15) is 0 Å². The molecule has 2 aromatic carbocycles. The summed E-state index contributed by atoms with van der Waals surface area (Å²) >= 11 is 5.86. The highest BCUT2D eigenvalue weighted by Crippen LogP contribution is 2.12. The van der Waals surface area contributed by atoms with Crippen LogP contribution in [0.15, 0.2) is 54.6 Å². The van der Waals surface area contributed by atoms with Crippen molar-refractivity contribution in [3.63, 3.8) is 0 Å². The number of rotatable bonds is 4. The summed E-state index contributed by atoms with van der Waals surface area (Å²) < 4.78 is 0. The Kier molecular flexibility index (Phi) is 4.18. The predicted molar refractivity (Wildman–Crippen MR) is 73.1 cm³/mol. The fourth-order valence-electron chi connectivity index (χ4n) is 1.85. The minimum Gasteiger partial charge on any atom is -0.298 e.